The molecular weight excluding hydrogens is 176 g/mol. The molecule has 1 aliphatic rings. The van der Waals surface area contributed by atoms with Crippen molar-refractivity contribution in [2.24, 2.45) is 11.8 Å². The van der Waals surface area contributed by atoms with Crippen LogP contribution in [0.25, 0.3) is 0 Å². The summed E-state index contributed by atoms with van der Waals surface area (Å²) in [6.07, 6.45) is 2.98. The number of carbonyl (C=O) groups excluding carboxylic acids is 1. The van der Waals surface area contributed by atoms with Gasteiger partial charge in [0.05, 0.1) is 0 Å². The maximum Gasteiger partial charge on any atom is 0.219 e. The molecule has 2 N–H and O–H groups in total. The Kier molecular flexibility index (Phi) is 4.94. The summed E-state index contributed by atoms with van der Waals surface area (Å²) in [4.78, 5) is 11.0. The molecule has 0 saturated carbocycles. The van der Waals surface area contributed by atoms with Gasteiger partial charge in [0.2, 0.25) is 5.91 Å². The first-order valence-electron chi connectivity index (χ1n) is 5.71. The molecule has 2 unspecified atom stereocenters. The Bertz CT molecular complexity index is 182. The molecule has 14 heavy (non-hydrogen) atoms. The Labute approximate surface area is 86.6 Å². The predicted octanol–water partition coefficient (Wildman–Crippen LogP) is 1.15. The van der Waals surface area contributed by atoms with Gasteiger partial charge in [0, 0.05) is 13.0 Å². The summed E-state index contributed by atoms with van der Waals surface area (Å²) >= 11 is 0. The van der Waals surface area contributed by atoms with Crippen molar-refractivity contribution >= 4 is 5.91 Å². The first-order chi connectivity index (χ1) is 6.74. The molecule has 0 spiro atoms. The van der Waals surface area contributed by atoms with E-state index < -0.39 is 0 Å². The van der Waals surface area contributed by atoms with E-state index in [1.165, 1.54) is 6.42 Å². The van der Waals surface area contributed by atoms with Crippen LogP contribution in [0.2, 0.25) is 0 Å². The zero-order valence-electron chi connectivity index (χ0n) is 9.31. The average molecular weight is 198 g/mol. The van der Waals surface area contributed by atoms with Gasteiger partial charge >= 0.3 is 0 Å². The summed E-state index contributed by atoms with van der Waals surface area (Å²) in [7, 11) is 0. The van der Waals surface area contributed by atoms with Crippen LogP contribution < -0.4 is 10.6 Å². The van der Waals surface area contributed by atoms with Crippen LogP contribution in [0.3, 0.4) is 0 Å². The predicted molar refractivity (Wildman–Crippen MR) is 58.1 cm³/mol. The minimum absolute atomic E-state index is 0.168. The summed E-state index contributed by atoms with van der Waals surface area (Å²) in [5.74, 6) is 1.71. The van der Waals surface area contributed by atoms with Crippen molar-refractivity contribution in [2.45, 2.75) is 33.1 Å². The Hall–Kier alpha value is -0.570. The number of amides is 1. The van der Waals surface area contributed by atoms with Gasteiger partial charge in [0.15, 0.2) is 0 Å². The average Bonchev–Trinajstić information content (AvgIpc) is 2.20. The number of carbonyl (C=O) groups is 1. The third-order valence-electron chi connectivity index (χ3n) is 3.15. The Balaban J connectivity index is 2.13. The zero-order chi connectivity index (χ0) is 10.4. The molecule has 0 aromatic carbocycles. The quantitative estimate of drug-likeness (QED) is 0.711. The molecule has 1 amide bonds. The maximum atomic E-state index is 11.0. The minimum atomic E-state index is 0.168. The van der Waals surface area contributed by atoms with E-state index >= 15 is 0 Å². The Morgan fingerprint density at radius 1 is 1.57 bits per heavy atom. The van der Waals surface area contributed by atoms with Gasteiger partial charge in [-0.05, 0) is 37.8 Å². The molecule has 0 bridgehead atoms. The highest BCUT2D eigenvalue weighted by Gasteiger charge is 2.20. The highest BCUT2D eigenvalue weighted by molar-refractivity contribution is 5.75. The molecule has 3 heteroatoms. The first-order valence-corrected chi connectivity index (χ1v) is 5.71. The number of hydrogen-bond acceptors (Lipinski definition) is 2. The Morgan fingerprint density at radius 3 is 3.00 bits per heavy atom. The molecule has 82 valence electrons. The minimum Gasteiger partial charge on any atom is -0.356 e. The molecule has 1 saturated heterocycles. The van der Waals surface area contributed by atoms with E-state index in [4.69, 9.17) is 0 Å². The second-order valence-electron chi connectivity index (χ2n) is 4.22. The van der Waals surface area contributed by atoms with Gasteiger partial charge in [-0.2, -0.15) is 0 Å². The van der Waals surface area contributed by atoms with Gasteiger partial charge in [-0.1, -0.05) is 13.8 Å². The molecule has 1 fully saturated rings. The van der Waals surface area contributed by atoms with Crippen LogP contribution in [-0.2, 0) is 4.79 Å². The van der Waals surface area contributed by atoms with Crippen LogP contribution in [0, 0.1) is 11.8 Å². The molecule has 0 aromatic rings. The fourth-order valence-corrected chi connectivity index (χ4v) is 1.96. The highest BCUT2D eigenvalue weighted by atomic mass is 16.1. The SMILES string of the molecule is CCC(=O)NCCC1CNCCC1C. The molecular formula is C11H22N2O. The monoisotopic (exact) mass is 198 g/mol. The lowest BCUT2D eigenvalue weighted by Gasteiger charge is -2.29. The largest absolute Gasteiger partial charge is 0.356 e. The Morgan fingerprint density at radius 2 is 2.36 bits per heavy atom. The van der Waals surface area contributed by atoms with E-state index in [0.29, 0.717) is 6.42 Å². The smallest absolute Gasteiger partial charge is 0.219 e. The summed E-state index contributed by atoms with van der Waals surface area (Å²) < 4.78 is 0. The van der Waals surface area contributed by atoms with Crippen molar-refractivity contribution in [1.82, 2.24) is 10.6 Å². The van der Waals surface area contributed by atoms with Crippen molar-refractivity contribution in [3.05, 3.63) is 0 Å². The number of hydrogen-bond donors (Lipinski definition) is 2. The van der Waals surface area contributed by atoms with E-state index in [2.05, 4.69) is 17.6 Å². The number of nitrogens with one attached hydrogen (secondary N) is 2. The fourth-order valence-electron chi connectivity index (χ4n) is 1.96. The van der Waals surface area contributed by atoms with E-state index in [1.54, 1.807) is 0 Å². The molecule has 0 radical (unpaired) electrons. The van der Waals surface area contributed by atoms with Crippen LogP contribution in [0.4, 0.5) is 0 Å². The van der Waals surface area contributed by atoms with Crippen molar-refractivity contribution in [2.75, 3.05) is 19.6 Å². The third kappa shape index (κ3) is 3.66. The second kappa shape index (κ2) is 6.02. The molecule has 1 aliphatic heterocycles. The summed E-state index contributed by atoms with van der Waals surface area (Å²) in [6, 6.07) is 0. The maximum absolute atomic E-state index is 11.0. The lowest BCUT2D eigenvalue weighted by atomic mass is 9.86. The van der Waals surface area contributed by atoms with E-state index in [0.717, 1.165) is 37.9 Å². The van der Waals surface area contributed by atoms with Crippen molar-refractivity contribution in [1.29, 1.82) is 0 Å². The molecule has 0 aliphatic carbocycles. The van der Waals surface area contributed by atoms with Crippen LogP contribution >= 0.6 is 0 Å². The first kappa shape index (κ1) is 11.5. The fraction of sp³-hybridized carbons (Fsp3) is 0.909. The molecule has 3 nitrogen and oxygen atoms in total. The lowest BCUT2D eigenvalue weighted by Crippen LogP contribution is -2.37. The van der Waals surface area contributed by atoms with Crippen molar-refractivity contribution < 1.29 is 4.79 Å². The molecule has 1 rings (SSSR count). The van der Waals surface area contributed by atoms with Gasteiger partial charge in [-0.3, -0.25) is 4.79 Å². The van der Waals surface area contributed by atoms with E-state index in [9.17, 15) is 4.79 Å². The van der Waals surface area contributed by atoms with Crippen LogP contribution in [0.5, 0.6) is 0 Å². The third-order valence-corrected chi connectivity index (χ3v) is 3.15. The second-order valence-corrected chi connectivity index (χ2v) is 4.22. The lowest BCUT2D eigenvalue weighted by molar-refractivity contribution is -0.120. The summed E-state index contributed by atoms with van der Waals surface area (Å²) in [5.41, 5.74) is 0. The van der Waals surface area contributed by atoms with Gasteiger partial charge < -0.3 is 10.6 Å². The number of rotatable bonds is 4. The van der Waals surface area contributed by atoms with Gasteiger partial charge in [0.1, 0.15) is 0 Å². The standard InChI is InChI=1S/C11H22N2O/c1-3-11(14)13-7-5-10-8-12-6-4-9(10)2/h9-10,12H,3-8H2,1-2H3,(H,13,14). The molecule has 1 heterocycles. The van der Waals surface area contributed by atoms with Crippen LogP contribution in [-0.4, -0.2) is 25.5 Å². The van der Waals surface area contributed by atoms with Gasteiger partial charge in [-0.15, -0.1) is 0 Å². The molecule has 2 atom stereocenters. The van der Waals surface area contributed by atoms with E-state index in [1.807, 2.05) is 6.92 Å². The van der Waals surface area contributed by atoms with Crippen LogP contribution in [0.15, 0.2) is 0 Å². The molecule has 0 aromatic heterocycles. The highest BCUT2D eigenvalue weighted by Crippen LogP contribution is 2.20. The normalized spacial score (nSPS) is 27.3. The topological polar surface area (TPSA) is 41.1 Å². The van der Waals surface area contributed by atoms with Crippen molar-refractivity contribution in [3.8, 4) is 0 Å². The summed E-state index contributed by atoms with van der Waals surface area (Å²) in [6.45, 7) is 7.30. The zero-order valence-corrected chi connectivity index (χ0v) is 9.31. The van der Waals surface area contributed by atoms with Gasteiger partial charge in [-0.25, -0.2) is 0 Å². The van der Waals surface area contributed by atoms with Crippen molar-refractivity contribution in [3.63, 3.8) is 0 Å². The van der Waals surface area contributed by atoms with Crippen LogP contribution in [0.1, 0.15) is 33.1 Å². The van der Waals surface area contributed by atoms with E-state index in [-0.39, 0.29) is 5.91 Å². The number of piperidine rings is 1. The summed E-state index contributed by atoms with van der Waals surface area (Å²) in [5, 5.41) is 6.34. The van der Waals surface area contributed by atoms with Gasteiger partial charge in [0.25, 0.3) is 0 Å².